The van der Waals surface area contributed by atoms with Crippen molar-refractivity contribution < 1.29 is 18.6 Å². The third-order valence-corrected chi connectivity index (χ3v) is 4.48. The zero-order chi connectivity index (χ0) is 17.1. The van der Waals surface area contributed by atoms with E-state index in [0.29, 0.717) is 12.3 Å². The highest BCUT2D eigenvalue weighted by Crippen LogP contribution is 2.30. The number of β-amino-alcohol motifs (C(OH)–C–C–N with tert-alkyl or cyclic N) is 1. The molecule has 1 N–H and O–H groups in total. The smallest absolute Gasteiger partial charge is 0.123 e. The maximum atomic E-state index is 13.5. The summed E-state index contributed by atoms with van der Waals surface area (Å²) in [6, 6.07) is 10.7. The van der Waals surface area contributed by atoms with Gasteiger partial charge in [-0.3, -0.25) is 4.90 Å². The van der Waals surface area contributed by atoms with Gasteiger partial charge in [0.2, 0.25) is 0 Å². The number of hydrogen-bond donors (Lipinski definition) is 1. The monoisotopic (exact) mass is 333 g/mol. The third kappa shape index (κ3) is 3.91. The number of benzene rings is 2. The Kier molecular flexibility index (Phi) is 5.11. The number of halogens is 2. The minimum absolute atomic E-state index is 0.0462. The van der Waals surface area contributed by atoms with Crippen molar-refractivity contribution >= 4 is 0 Å². The van der Waals surface area contributed by atoms with Crippen LogP contribution >= 0.6 is 0 Å². The lowest BCUT2D eigenvalue weighted by atomic mass is 9.93. The van der Waals surface area contributed by atoms with Gasteiger partial charge in [-0.05, 0) is 60.9 Å². The van der Waals surface area contributed by atoms with Crippen molar-refractivity contribution in [1.29, 1.82) is 0 Å². The van der Waals surface area contributed by atoms with Crippen molar-refractivity contribution in [2.24, 2.45) is 0 Å². The second-order valence-electron chi connectivity index (χ2n) is 6.18. The van der Waals surface area contributed by atoms with Crippen LogP contribution in [0.15, 0.2) is 42.5 Å². The molecule has 2 aromatic rings. The average Bonchev–Trinajstić information content (AvgIpc) is 2.57. The van der Waals surface area contributed by atoms with E-state index in [4.69, 9.17) is 4.74 Å². The molecule has 5 heteroatoms. The topological polar surface area (TPSA) is 32.7 Å². The Morgan fingerprint density at radius 1 is 1.17 bits per heavy atom. The number of hydrogen-bond acceptors (Lipinski definition) is 3. The molecule has 0 fully saturated rings. The maximum absolute atomic E-state index is 13.5. The number of nitrogens with zero attached hydrogens (tertiary/aromatic N) is 1. The minimum atomic E-state index is -0.674. The molecule has 2 unspecified atom stereocenters. The molecule has 0 radical (unpaired) electrons. The van der Waals surface area contributed by atoms with Gasteiger partial charge in [-0.1, -0.05) is 6.07 Å². The quantitative estimate of drug-likeness (QED) is 0.911. The summed E-state index contributed by atoms with van der Waals surface area (Å²) in [6.45, 7) is 3.40. The number of aliphatic hydroxyl groups excluding tert-OH is 1. The van der Waals surface area contributed by atoms with Crippen LogP contribution in [-0.2, 0) is 6.42 Å². The summed E-state index contributed by atoms with van der Waals surface area (Å²) in [6.07, 6.45) is 0.165. The molecule has 1 aliphatic rings. The highest BCUT2D eigenvalue weighted by atomic mass is 19.1. The Balaban J connectivity index is 1.56. The number of fused-ring (bicyclic) bond motifs is 1. The van der Waals surface area contributed by atoms with Crippen molar-refractivity contribution in [2.45, 2.75) is 25.5 Å². The van der Waals surface area contributed by atoms with E-state index in [1.807, 2.05) is 13.0 Å². The van der Waals surface area contributed by atoms with Gasteiger partial charge in [0.05, 0.1) is 0 Å². The van der Waals surface area contributed by atoms with Gasteiger partial charge in [-0.15, -0.1) is 0 Å². The van der Waals surface area contributed by atoms with Crippen LogP contribution in [0.3, 0.4) is 0 Å². The molecule has 2 aromatic carbocycles. The van der Waals surface area contributed by atoms with Crippen LogP contribution in [0.4, 0.5) is 8.78 Å². The molecule has 3 nitrogen and oxygen atoms in total. The molecule has 2 atom stereocenters. The summed E-state index contributed by atoms with van der Waals surface area (Å²) in [7, 11) is 0. The number of aliphatic hydroxyl groups is 1. The van der Waals surface area contributed by atoms with Gasteiger partial charge in [0.1, 0.15) is 30.1 Å². The van der Waals surface area contributed by atoms with Crippen LogP contribution in [0.5, 0.6) is 5.75 Å². The summed E-state index contributed by atoms with van der Waals surface area (Å²) in [4.78, 5) is 2.13. The SMILES string of the molecule is CC1c2cc(F)ccc2CCN1CC(O)COc1ccc(F)cc1. The number of ether oxygens (including phenoxy) is 1. The summed E-state index contributed by atoms with van der Waals surface area (Å²) in [5, 5.41) is 10.2. The Bertz CT molecular complexity index is 690. The van der Waals surface area contributed by atoms with E-state index in [9.17, 15) is 13.9 Å². The zero-order valence-corrected chi connectivity index (χ0v) is 13.6. The molecular weight excluding hydrogens is 312 g/mol. The van der Waals surface area contributed by atoms with E-state index in [1.165, 1.54) is 30.3 Å². The molecule has 0 spiro atoms. The maximum Gasteiger partial charge on any atom is 0.123 e. The van der Waals surface area contributed by atoms with Crippen molar-refractivity contribution in [2.75, 3.05) is 19.7 Å². The Hall–Kier alpha value is -1.98. The third-order valence-electron chi connectivity index (χ3n) is 4.48. The van der Waals surface area contributed by atoms with E-state index < -0.39 is 6.10 Å². The normalized spacial score (nSPS) is 18.9. The van der Waals surface area contributed by atoms with Gasteiger partial charge >= 0.3 is 0 Å². The first kappa shape index (κ1) is 16.9. The molecule has 1 heterocycles. The molecule has 24 heavy (non-hydrogen) atoms. The van der Waals surface area contributed by atoms with Crippen molar-refractivity contribution in [3.8, 4) is 5.75 Å². The van der Waals surface area contributed by atoms with Crippen LogP contribution in [0.2, 0.25) is 0 Å². The van der Waals surface area contributed by atoms with Gasteiger partial charge in [0, 0.05) is 19.1 Å². The van der Waals surface area contributed by atoms with Crippen LogP contribution in [0.25, 0.3) is 0 Å². The lowest BCUT2D eigenvalue weighted by molar-refractivity contribution is 0.0517. The van der Waals surface area contributed by atoms with E-state index in [2.05, 4.69) is 4.90 Å². The second-order valence-corrected chi connectivity index (χ2v) is 6.18. The highest BCUT2D eigenvalue weighted by Gasteiger charge is 2.25. The van der Waals surface area contributed by atoms with Crippen molar-refractivity contribution in [1.82, 2.24) is 4.90 Å². The average molecular weight is 333 g/mol. The minimum Gasteiger partial charge on any atom is -0.491 e. The number of rotatable bonds is 5. The molecule has 128 valence electrons. The summed E-state index contributed by atoms with van der Waals surface area (Å²) >= 11 is 0. The fourth-order valence-corrected chi connectivity index (χ4v) is 3.13. The van der Waals surface area contributed by atoms with Crippen molar-refractivity contribution in [3.05, 3.63) is 65.2 Å². The van der Waals surface area contributed by atoms with Gasteiger partial charge in [-0.25, -0.2) is 8.78 Å². The lowest BCUT2D eigenvalue weighted by Crippen LogP contribution is -2.41. The highest BCUT2D eigenvalue weighted by molar-refractivity contribution is 5.32. The molecule has 0 aromatic heterocycles. The van der Waals surface area contributed by atoms with E-state index in [1.54, 1.807) is 6.07 Å². The summed E-state index contributed by atoms with van der Waals surface area (Å²) < 4.78 is 31.8. The molecule has 0 amide bonds. The van der Waals surface area contributed by atoms with Crippen LogP contribution in [0.1, 0.15) is 24.1 Å². The second kappa shape index (κ2) is 7.28. The van der Waals surface area contributed by atoms with Gasteiger partial charge in [0.15, 0.2) is 0 Å². The fourth-order valence-electron chi connectivity index (χ4n) is 3.13. The Morgan fingerprint density at radius 3 is 2.62 bits per heavy atom. The van der Waals surface area contributed by atoms with Gasteiger partial charge in [0.25, 0.3) is 0 Å². The molecule has 0 saturated heterocycles. The first-order valence-electron chi connectivity index (χ1n) is 8.12. The van der Waals surface area contributed by atoms with Crippen LogP contribution in [-0.4, -0.2) is 35.8 Å². The van der Waals surface area contributed by atoms with Gasteiger partial charge < -0.3 is 9.84 Å². The Morgan fingerprint density at radius 2 is 1.88 bits per heavy atom. The molecule has 1 aliphatic heterocycles. The zero-order valence-electron chi connectivity index (χ0n) is 13.6. The fraction of sp³-hybridized carbons (Fsp3) is 0.368. The molecule has 0 bridgehead atoms. The predicted octanol–water partition coefficient (Wildman–Crippen LogP) is 3.32. The van der Waals surface area contributed by atoms with Gasteiger partial charge in [-0.2, -0.15) is 0 Å². The first-order chi connectivity index (χ1) is 11.5. The van der Waals surface area contributed by atoms with E-state index in [-0.39, 0.29) is 24.3 Å². The van der Waals surface area contributed by atoms with E-state index >= 15 is 0 Å². The first-order valence-corrected chi connectivity index (χ1v) is 8.12. The Labute approximate surface area is 140 Å². The standard InChI is InChI=1S/C19H21F2NO2/c1-13-19-10-16(21)3-2-14(19)8-9-22(13)11-17(23)12-24-18-6-4-15(20)5-7-18/h2-7,10,13,17,23H,8-9,11-12H2,1H3. The van der Waals surface area contributed by atoms with Crippen molar-refractivity contribution in [3.63, 3.8) is 0 Å². The van der Waals surface area contributed by atoms with E-state index in [0.717, 1.165) is 24.1 Å². The molecular formula is C19H21F2NO2. The summed E-state index contributed by atoms with van der Waals surface area (Å²) in [5.74, 6) is -0.0341. The molecule has 0 aliphatic carbocycles. The largest absolute Gasteiger partial charge is 0.491 e. The molecule has 0 saturated carbocycles. The lowest BCUT2D eigenvalue weighted by Gasteiger charge is -2.36. The van der Waals surface area contributed by atoms with Crippen LogP contribution in [0, 0.1) is 11.6 Å². The molecule has 3 rings (SSSR count). The van der Waals surface area contributed by atoms with Crippen LogP contribution < -0.4 is 4.74 Å². The predicted molar refractivity (Wildman–Crippen MR) is 88.0 cm³/mol. The summed E-state index contributed by atoms with van der Waals surface area (Å²) in [5.41, 5.74) is 2.14.